The summed E-state index contributed by atoms with van der Waals surface area (Å²) < 4.78 is 5.18. The number of alkyl halides is 1. The lowest BCUT2D eigenvalue weighted by molar-refractivity contribution is -0.149. The first-order chi connectivity index (χ1) is 7.44. The van der Waals surface area contributed by atoms with Gasteiger partial charge in [0.2, 0.25) is 0 Å². The van der Waals surface area contributed by atoms with Crippen molar-refractivity contribution in [2.45, 2.75) is 32.3 Å². The molecule has 0 spiro atoms. The van der Waals surface area contributed by atoms with Crippen molar-refractivity contribution in [3.8, 4) is 0 Å². The van der Waals surface area contributed by atoms with E-state index in [9.17, 15) is 4.79 Å². The van der Waals surface area contributed by atoms with Gasteiger partial charge >= 0.3 is 5.97 Å². The Morgan fingerprint density at radius 1 is 1.38 bits per heavy atom. The van der Waals surface area contributed by atoms with Gasteiger partial charge in [-0.1, -0.05) is 44.2 Å². The molecule has 1 rings (SSSR count). The van der Waals surface area contributed by atoms with Gasteiger partial charge in [-0.15, -0.1) is 11.6 Å². The van der Waals surface area contributed by atoms with Gasteiger partial charge in [0.05, 0.1) is 0 Å². The molecule has 0 amide bonds. The number of rotatable bonds is 4. The number of carbonyl (C=O) groups excluding carboxylic acids is 1. The minimum atomic E-state index is -0.950. The summed E-state index contributed by atoms with van der Waals surface area (Å²) in [5.74, 6) is -0.328. The Hall–Kier alpha value is -1.02. The molecule has 88 valence electrons. The fraction of sp³-hybridized carbons (Fsp3) is 0.462. The van der Waals surface area contributed by atoms with Crippen LogP contribution in [-0.4, -0.2) is 10.8 Å². The Morgan fingerprint density at radius 3 is 2.44 bits per heavy atom. The van der Waals surface area contributed by atoms with Crippen molar-refractivity contribution in [2.75, 3.05) is 0 Å². The van der Waals surface area contributed by atoms with Crippen molar-refractivity contribution in [3.05, 3.63) is 35.9 Å². The maximum Gasteiger partial charge on any atom is 0.327 e. The predicted molar refractivity (Wildman–Crippen MR) is 65.3 cm³/mol. The highest BCUT2D eigenvalue weighted by atomic mass is 35.5. The highest BCUT2D eigenvalue weighted by Gasteiger charge is 2.35. The third-order valence-electron chi connectivity index (χ3n) is 2.70. The predicted octanol–water partition coefficient (Wildman–Crippen LogP) is 3.38. The lowest BCUT2D eigenvalue weighted by Gasteiger charge is -2.23. The molecule has 1 aromatic rings. The van der Waals surface area contributed by atoms with Crippen LogP contribution in [0.15, 0.2) is 30.3 Å². The topological polar surface area (TPSA) is 26.3 Å². The molecule has 0 aliphatic rings. The summed E-state index contributed by atoms with van der Waals surface area (Å²) in [6.45, 7) is 5.76. The van der Waals surface area contributed by atoms with Crippen molar-refractivity contribution in [2.24, 2.45) is 5.92 Å². The molecular weight excluding hydrogens is 224 g/mol. The van der Waals surface area contributed by atoms with E-state index in [1.807, 2.05) is 44.2 Å². The minimum absolute atomic E-state index is 0.0393. The molecule has 0 unspecified atom stereocenters. The molecular formula is C13H17ClO2. The molecule has 0 saturated carbocycles. The summed E-state index contributed by atoms with van der Waals surface area (Å²) in [7, 11) is 0. The molecule has 0 radical (unpaired) electrons. The van der Waals surface area contributed by atoms with Gasteiger partial charge in [-0.05, 0) is 18.4 Å². The fourth-order valence-corrected chi connectivity index (χ4v) is 1.15. The molecule has 0 saturated heterocycles. The summed E-state index contributed by atoms with van der Waals surface area (Å²) in [5, 5.41) is 0. The van der Waals surface area contributed by atoms with E-state index in [2.05, 4.69) is 0 Å². The molecule has 0 heterocycles. The largest absolute Gasteiger partial charge is 0.460 e. The van der Waals surface area contributed by atoms with Crippen LogP contribution >= 0.6 is 11.6 Å². The first-order valence-electron chi connectivity index (χ1n) is 5.34. The average Bonchev–Trinajstić information content (AvgIpc) is 2.27. The third kappa shape index (κ3) is 3.24. The molecule has 3 heteroatoms. The molecule has 16 heavy (non-hydrogen) atoms. The van der Waals surface area contributed by atoms with Crippen LogP contribution in [0.2, 0.25) is 0 Å². The van der Waals surface area contributed by atoms with Crippen LogP contribution < -0.4 is 0 Å². The van der Waals surface area contributed by atoms with Crippen LogP contribution in [0.4, 0.5) is 0 Å². The van der Waals surface area contributed by atoms with Crippen LogP contribution in [-0.2, 0) is 16.1 Å². The van der Waals surface area contributed by atoms with E-state index in [4.69, 9.17) is 16.3 Å². The fourth-order valence-electron chi connectivity index (χ4n) is 1.10. The number of halogens is 1. The monoisotopic (exact) mass is 240 g/mol. The van der Waals surface area contributed by atoms with Crippen LogP contribution in [0.1, 0.15) is 26.3 Å². The Morgan fingerprint density at radius 2 is 1.94 bits per heavy atom. The molecule has 0 fully saturated rings. The minimum Gasteiger partial charge on any atom is -0.460 e. The van der Waals surface area contributed by atoms with Gasteiger partial charge in [0.1, 0.15) is 11.5 Å². The molecule has 1 atom stereocenters. The van der Waals surface area contributed by atoms with Gasteiger partial charge in [0.25, 0.3) is 0 Å². The number of hydrogen-bond acceptors (Lipinski definition) is 2. The zero-order chi connectivity index (χ0) is 12.2. The smallest absolute Gasteiger partial charge is 0.327 e. The second kappa shape index (κ2) is 5.35. The van der Waals surface area contributed by atoms with Crippen LogP contribution in [0.5, 0.6) is 0 Å². The van der Waals surface area contributed by atoms with E-state index in [0.717, 1.165) is 5.56 Å². The zero-order valence-corrected chi connectivity index (χ0v) is 10.6. The summed E-state index contributed by atoms with van der Waals surface area (Å²) in [6.07, 6.45) is 0. The molecule has 0 bridgehead atoms. The van der Waals surface area contributed by atoms with E-state index in [0.29, 0.717) is 0 Å². The normalized spacial score (nSPS) is 14.6. The van der Waals surface area contributed by atoms with Gasteiger partial charge in [-0.25, -0.2) is 0 Å². The number of carbonyl (C=O) groups is 1. The number of hydrogen-bond donors (Lipinski definition) is 0. The van der Waals surface area contributed by atoms with Crippen molar-refractivity contribution in [3.63, 3.8) is 0 Å². The van der Waals surface area contributed by atoms with Crippen molar-refractivity contribution < 1.29 is 9.53 Å². The van der Waals surface area contributed by atoms with Crippen LogP contribution in [0, 0.1) is 5.92 Å². The van der Waals surface area contributed by atoms with Crippen LogP contribution in [0.25, 0.3) is 0 Å². The van der Waals surface area contributed by atoms with E-state index in [-0.39, 0.29) is 18.5 Å². The molecule has 0 aromatic heterocycles. The Bertz CT molecular complexity index is 344. The van der Waals surface area contributed by atoms with E-state index < -0.39 is 4.87 Å². The molecule has 0 aliphatic heterocycles. The first kappa shape index (κ1) is 13.0. The summed E-state index contributed by atoms with van der Waals surface area (Å²) in [6, 6.07) is 9.56. The lowest BCUT2D eigenvalue weighted by atomic mass is 9.97. The maximum absolute atomic E-state index is 11.7. The highest BCUT2D eigenvalue weighted by molar-refractivity contribution is 6.33. The van der Waals surface area contributed by atoms with Crippen molar-refractivity contribution >= 4 is 17.6 Å². The molecule has 0 aliphatic carbocycles. The summed E-state index contributed by atoms with van der Waals surface area (Å²) >= 11 is 6.11. The standard InChI is InChI=1S/C13H17ClO2/c1-10(2)13(3,14)12(15)16-9-11-7-5-4-6-8-11/h4-8,10H,9H2,1-3H3/t13-/m0/s1. The van der Waals surface area contributed by atoms with E-state index in [1.165, 1.54) is 0 Å². The van der Waals surface area contributed by atoms with E-state index in [1.54, 1.807) is 6.92 Å². The van der Waals surface area contributed by atoms with Gasteiger partial charge in [0.15, 0.2) is 0 Å². The molecule has 2 nitrogen and oxygen atoms in total. The maximum atomic E-state index is 11.7. The molecule has 0 N–H and O–H groups in total. The first-order valence-corrected chi connectivity index (χ1v) is 5.72. The second-order valence-corrected chi connectivity index (χ2v) is 5.08. The zero-order valence-electron chi connectivity index (χ0n) is 9.87. The van der Waals surface area contributed by atoms with Crippen molar-refractivity contribution in [1.82, 2.24) is 0 Å². The molecule has 1 aromatic carbocycles. The number of ether oxygens (including phenoxy) is 1. The van der Waals surface area contributed by atoms with Crippen molar-refractivity contribution in [1.29, 1.82) is 0 Å². The van der Waals surface area contributed by atoms with Gasteiger partial charge in [-0.3, -0.25) is 4.79 Å². The number of esters is 1. The summed E-state index contributed by atoms with van der Waals surface area (Å²) in [5.41, 5.74) is 0.965. The Labute approximate surface area is 102 Å². The Kier molecular flexibility index (Phi) is 4.36. The Balaban J connectivity index is 2.54. The van der Waals surface area contributed by atoms with Gasteiger partial charge in [-0.2, -0.15) is 0 Å². The van der Waals surface area contributed by atoms with Gasteiger partial charge < -0.3 is 4.74 Å². The lowest BCUT2D eigenvalue weighted by Crippen LogP contribution is -2.36. The number of benzene rings is 1. The van der Waals surface area contributed by atoms with Crippen LogP contribution in [0.3, 0.4) is 0 Å². The average molecular weight is 241 g/mol. The second-order valence-electron chi connectivity index (χ2n) is 4.29. The SMILES string of the molecule is CC(C)[C@](C)(Cl)C(=O)OCc1ccccc1. The highest BCUT2D eigenvalue weighted by Crippen LogP contribution is 2.26. The quantitative estimate of drug-likeness (QED) is 0.596. The third-order valence-corrected chi connectivity index (χ3v) is 3.29. The van der Waals surface area contributed by atoms with Gasteiger partial charge in [0, 0.05) is 0 Å². The summed E-state index contributed by atoms with van der Waals surface area (Å²) in [4.78, 5) is 10.8. The van der Waals surface area contributed by atoms with E-state index >= 15 is 0 Å².